The predicted octanol–water partition coefficient (Wildman–Crippen LogP) is 3.75. The van der Waals surface area contributed by atoms with Crippen molar-refractivity contribution in [2.24, 2.45) is 5.92 Å². The summed E-state index contributed by atoms with van der Waals surface area (Å²) >= 11 is 1.70. The van der Waals surface area contributed by atoms with Gasteiger partial charge >= 0.3 is 0 Å². The van der Waals surface area contributed by atoms with Gasteiger partial charge in [0.05, 0.1) is 4.88 Å². The fourth-order valence-corrected chi connectivity index (χ4v) is 3.28. The molecule has 2 aromatic rings. The third-order valence-electron chi connectivity index (χ3n) is 4.05. The molecular weight excluding hydrogens is 278 g/mol. The van der Waals surface area contributed by atoms with Gasteiger partial charge in [-0.05, 0) is 62.6 Å². The zero-order chi connectivity index (χ0) is 14.8. The normalized spacial score (nSPS) is 16.1. The van der Waals surface area contributed by atoms with Crippen molar-refractivity contribution in [3.8, 4) is 10.7 Å². The van der Waals surface area contributed by atoms with Gasteiger partial charge in [0.15, 0.2) is 5.82 Å². The molecule has 112 valence electrons. The summed E-state index contributed by atoms with van der Waals surface area (Å²) in [7, 11) is 0. The van der Waals surface area contributed by atoms with Gasteiger partial charge in [-0.2, -0.15) is 0 Å². The van der Waals surface area contributed by atoms with Crippen LogP contribution in [0.4, 0.5) is 0 Å². The van der Waals surface area contributed by atoms with Crippen molar-refractivity contribution < 1.29 is 0 Å². The predicted molar refractivity (Wildman–Crippen MR) is 88.7 cm³/mol. The molecule has 3 rings (SSSR count). The van der Waals surface area contributed by atoms with Gasteiger partial charge < -0.3 is 5.32 Å². The Hall–Kier alpha value is -1.26. The van der Waals surface area contributed by atoms with Crippen molar-refractivity contribution in [3.63, 3.8) is 0 Å². The molecule has 1 saturated carbocycles. The van der Waals surface area contributed by atoms with Crippen LogP contribution >= 0.6 is 11.3 Å². The number of aromatic nitrogens is 2. The second-order valence-corrected chi connectivity index (χ2v) is 7.11. The fraction of sp³-hybridized carbons (Fsp3) is 0.529. The van der Waals surface area contributed by atoms with Gasteiger partial charge in [0.2, 0.25) is 0 Å². The number of nitrogens with one attached hydrogen (secondary N) is 1. The summed E-state index contributed by atoms with van der Waals surface area (Å²) in [6.07, 6.45) is 3.76. The Morgan fingerprint density at radius 1 is 1.29 bits per heavy atom. The molecule has 2 heterocycles. The van der Waals surface area contributed by atoms with Crippen LogP contribution in [0.25, 0.3) is 10.7 Å². The number of nitrogens with zero attached hydrogens (tertiary/aromatic N) is 2. The van der Waals surface area contributed by atoms with Crippen molar-refractivity contribution in [2.75, 3.05) is 6.54 Å². The Kier molecular flexibility index (Phi) is 4.36. The quantitative estimate of drug-likeness (QED) is 0.883. The molecule has 2 aromatic heterocycles. The van der Waals surface area contributed by atoms with Gasteiger partial charge in [0.1, 0.15) is 0 Å². The molecule has 0 saturated heterocycles. The molecule has 1 fully saturated rings. The van der Waals surface area contributed by atoms with E-state index in [-0.39, 0.29) is 0 Å². The molecule has 0 spiro atoms. The molecule has 4 heteroatoms. The Labute approximate surface area is 130 Å². The highest BCUT2D eigenvalue weighted by Gasteiger charge is 2.21. The summed E-state index contributed by atoms with van der Waals surface area (Å²) in [5, 5.41) is 5.68. The first-order valence-corrected chi connectivity index (χ1v) is 8.63. The third-order valence-corrected chi connectivity index (χ3v) is 4.91. The second kappa shape index (κ2) is 6.24. The van der Waals surface area contributed by atoms with Crippen LogP contribution in [-0.4, -0.2) is 22.6 Å². The topological polar surface area (TPSA) is 37.8 Å². The molecule has 0 aromatic carbocycles. The maximum Gasteiger partial charge on any atom is 0.169 e. The third kappa shape index (κ3) is 3.69. The maximum absolute atomic E-state index is 4.72. The van der Waals surface area contributed by atoms with Crippen LogP contribution in [0.3, 0.4) is 0 Å². The van der Waals surface area contributed by atoms with E-state index < -0.39 is 0 Å². The van der Waals surface area contributed by atoms with Crippen molar-refractivity contribution >= 4 is 11.3 Å². The van der Waals surface area contributed by atoms with E-state index in [1.165, 1.54) is 18.4 Å². The summed E-state index contributed by atoms with van der Waals surface area (Å²) in [5.41, 5.74) is 3.58. The molecule has 3 nitrogen and oxygen atoms in total. The highest BCUT2D eigenvalue weighted by molar-refractivity contribution is 7.13. The lowest BCUT2D eigenvalue weighted by Gasteiger charge is -2.16. The van der Waals surface area contributed by atoms with Gasteiger partial charge in [-0.1, -0.05) is 13.0 Å². The molecule has 0 bridgehead atoms. The number of hydrogen-bond donors (Lipinski definition) is 1. The minimum absolute atomic E-state index is 0.624. The van der Waals surface area contributed by atoms with E-state index in [1.54, 1.807) is 11.3 Å². The van der Waals surface area contributed by atoms with E-state index in [4.69, 9.17) is 9.97 Å². The summed E-state index contributed by atoms with van der Waals surface area (Å²) in [5.74, 6) is 1.49. The van der Waals surface area contributed by atoms with Crippen molar-refractivity contribution in [1.82, 2.24) is 15.3 Å². The summed E-state index contributed by atoms with van der Waals surface area (Å²) in [6, 6.07) is 4.92. The van der Waals surface area contributed by atoms with Crippen LogP contribution in [0.5, 0.6) is 0 Å². The molecule has 1 aliphatic carbocycles. The maximum atomic E-state index is 4.72. The van der Waals surface area contributed by atoms with E-state index in [2.05, 4.69) is 37.5 Å². The Morgan fingerprint density at radius 3 is 2.57 bits per heavy atom. The van der Waals surface area contributed by atoms with Crippen LogP contribution in [0.2, 0.25) is 0 Å². The molecule has 21 heavy (non-hydrogen) atoms. The van der Waals surface area contributed by atoms with Gasteiger partial charge in [0.25, 0.3) is 0 Å². The van der Waals surface area contributed by atoms with Crippen LogP contribution < -0.4 is 5.32 Å². The lowest BCUT2D eigenvalue weighted by Crippen LogP contribution is -2.24. The SMILES string of the molecule is Cc1nc(-c2cccs2)nc(C)c1CC(C)CNC1CC1. The van der Waals surface area contributed by atoms with E-state index in [9.17, 15) is 0 Å². The first-order chi connectivity index (χ1) is 10.1. The van der Waals surface area contributed by atoms with Gasteiger partial charge in [-0.25, -0.2) is 9.97 Å². The van der Waals surface area contributed by atoms with E-state index in [0.717, 1.165) is 41.1 Å². The minimum atomic E-state index is 0.624. The smallest absolute Gasteiger partial charge is 0.169 e. The van der Waals surface area contributed by atoms with E-state index in [0.29, 0.717) is 5.92 Å². The lowest BCUT2D eigenvalue weighted by molar-refractivity contribution is 0.506. The molecule has 1 N–H and O–H groups in total. The molecular formula is C17H23N3S. The summed E-state index contributed by atoms with van der Waals surface area (Å²) in [4.78, 5) is 10.6. The van der Waals surface area contributed by atoms with Gasteiger partial charge in [-0.15, -0.1) is 11.3 Å². The first kappa shape index (κ1) is 14.7. The van der Waals surface area contributed by atoms with Crippen molar-refractivity contribution in [2.45, 2.75) is 46.1 Å². The number of rotatable bonds is 6. The van der Waals surface area contributed by atoms with E-state index >= 15 is 0 Å². The van der Waals surface area contributed by atoms with Gasteiger partial charge in [0, 0.05) is 17.4 Å². The largest absolute Gasteiger partial charge is 0.314 e. The van der Waals surface area contributed by atoms with Crippen molar-refractivity contribution in [3.05, 3.63) is 34.5 Å². The highest BCUT2D eigenvalue weighted by atomic mass is 32.1. The summed E-state index contributed by atoms with van der Waals surface area (Å²) < 4.78 is 0. The molecule has 0 radical (unpaired) electrons. The highest BCUT2D eigenvalue weighted by Crippen LogP contribution is 2.24. The second-order valence-electron chi connectivity index (χ2n) is 6.17. The van der Waals surface area contributed by atoms with Crippen LogP contribution in [0.15, 0.2) is 17.5 Å². The van der Waals surface area contributed by atoms with E-state index in [1.807, 2.05) is 6.07 Å². The van der Waals surface area contributed by atoms with Crippen LogP contribution in [0, 0.1) is 19.8 Å². The Balaban J connectivity index is 1.72. The molecule has 1 unspecified atom stereocenters. The molecule has 1 atom stereocenters. The lowest BCUT2D eigenvalue weighted by atomic mass is 9.98. The summed E-state index contributed by atoms with van der Waals surface area (Å²) in [6.45, 7) is 7.63. The number of thiophene rings is 1. The molecule has 1 aliphatic rings. The average Bonchev–Trinajstić information content (AvgIpc) is 3.12. The Bertz CT molecular complexity index is 579. The van der Waals surface area contributed by atoms with Crippen molar-refractivity contribution in [1.29, 1.82) is 0 Å². The van der Waals surface area contributed by atoms with Crippen LogP contribution in [-0.2, 0) is 6.42 Å². The zero-order valence-electron chi connectivity index (χ0n) is 13.0. The number of aryl methyl sites for hydroxylation is 2. The fourth-order valence-electron chi connectivity index (χ4n) is 2.63. The standard InChI is InChI=1S/C17H23N3S/c1-11(10-18-14-6-7-14)9-15-12(2)19-17(20-13(15)3)16-5-4-8-21-16/h4-5,8,11,14,18H,6-7,9-10H2,1-3H3. The van der Waals surface area contributed by atoms with Gasteiger partial charge in [-0.3, -0.25) is 0 Å². The zero-order valence-corrected chi connectivity index (χ0v) is 13.8. The average molecular weight is 301 g/mol. The monoisotopic (exact) mass is 301 g/mol. The first-order valence-electron chi connectivity index (χ1n) is 7.75. The number of hydrogen-bond acceptors (Lipinski definition) is 4. The molecule has 0 amide bonds. The van der Waals surface area contributed by atoms with Crippen LogP contribution in [0.1, 0.15) is 36.7 Å². The Morgan fingerprint density at radius 2 is 2.00 bits per heavy atom. The minimum Gasteiger partial charge on any atom is -0.314 e. The molecule has 0 aliphatic heterocycles.